The van der Waals surface area contributed by atoms with Crippen LogP contribution in [0.4, 0.5) is 0 Å². The highest BCUT2D eigenvalue weighted by atomic mass is 14.7. The predicted octanol–water partition coefficient (Wildman–Crippen LogP) is 2.55. The van der Waals surface area contributed by atoms with Crippen LogP contribution in [0, 0.1) is 5.41 Å². The number of nitrogens with two attached hydrogens (primary N) is 1. The van der Waals surface area contributed by atoms with E-state index in [9.17, 15) is 0 Å². The molecule has 0 fully saturated rings. The zero-order valence-electron chi connectivity index (χ0n) is 7.78. The molecule has 0 saturated carbocycles. The van der Waals surface area contributed by atoms with E-state index >= 15 is 0 Å². The second-order valence-corrected chi connectivity index (χ2v) is 3.55. The van der Waals surface area contributed by atoms with Crippen molar-refractivity contribution in [3.8, 4) is 0 Å². The molecule has 0 aromatic heterocycles. The molecule has 2 atom stereocenters. The molecule has 10 heavy (non-hydrogen) atoms. The van der Waals surface area contributed by atoms with Gasteiger partial charge in [-0.15, -0.1) is 0 Å². The largest absolute Gasteiger partial charge is 0.327 e. The van der Waals surface area contributed by atoms with Crippen molar-refractivity contribution in [1.82, 2.24) is 0 Å². The molecule has 0 radical (unpaired) electrons. The maximum absolute atomic E-state index is 5.87. The lowest BCUT2D eigenvalue weighted by molar-refractivity contribution is 0.232. The minimum atomic E-state index is 0.331. The van der Waals surface area contributed by atoms with Crippen LogP contribution >= 0.6 is 0 Å². The molecule has 0 aromatic carbocycles. The topological polar surface area (TPSA) is 26.0 Å². The number of hydrogen-bond donors (Lipinski definition) is 1. The molecular formula is C9H21N. The predicted molar refractivity (Wildman–Crippen MR) is 47.0 cm³/mol. The SMILES string of the molecule is CCCC(C)(CC)C(C)N. The van der Waals surface area contributed by atoms with Gasteiger partial charge in [-0.1, -0.05) is 27.2 Å². The van der Waals surface area contributed by atoms with Crippen LogP contribution in [-0.2, 0) is 0 Å². The first kappa shape index (κ1) is 9.96. The molecule has 0 spiro atoms. The van der Waals surface area contributed by atoms with Crippen LogP contribution in [0.1, 0.15) is 47.0 Å². The normalized spacial score (nSPS) is 20.1. The summed E-state index contributed by atoms with van der Waals surface area (Å²) in [5.41, 5.74) is 6.24. The molecule has 2 N–H and O–H groups in total. The van der Waals surface area contributed by atoms with Gasteiger partial charge in [-0.3, -0.25) is 0 Å². The highest BCUT2D eigenvalue weighted by Crippen LogP contribution is 2.29. The van der Waals surface area contributed by atoms with Crippen LogP contribution in [0.5, 0.6) is 0 Å². The summed E-state index contributed by atoms with van der Waals surface area (Å²) < 4.78 is 0. The maximum Gasteiger partial charge on any atom is 0.00642 e. The van der Waals surface area contributed by atoms with Crippen LogP contribution in [0.15, 0.2) is 0 Å². The van der Waals surface area contributed by atoms with Gasteiger partial charge in [0.2, 0.25) is 0 Å². The van der Waals surface area contributed by atoms with E-state index in [1.807, 2.05) is 0 Å². The van der Waals surface area contributed by atoms with E-state index in [1.165, 1.54) is 19.3 Å². The van der Waals surface area contributed by atoms with E-state index in [4.69, 9.17) is 5.73 Å². The Bertz CT molecular complexity index is 88.7. The fourth-order valence-electron chi connectivity index (χ4n) is 1.30. The van der Waals surface area contributed by atoms with E-state index in [1.54, 1.807) is 0 Å². The average molecular weight is 143 g/mol. The second-order valence-electron chi connectivity index (χ2n) is 3.55. The summed E-state index contributed by atoms with van der Waals surface area (Å²) in [5, 5.41) is 0. The van der Waals surface area contributed by atoms with Gasteiger partial charge in [0.05, 0.1) is 0 Å². The van der Waals surface area contributed by atoms with Crippen molar-refractivity contribution in [2.75, 3.05) is 0 Å². The quantitative estimate of drug-likeness (QED) is 0.643. The zero-order valence-corrected chi connectivity index (χ0v) is 7.78. The Labute approximate surface area is 65.0 Å². The van der Waals surface area contributed by atoms with Crippen LogP contribution in [-0.4, -0.2) is 6.04 Å². The molecule has 1 nitrogen and oxygen atoms in total. The molecule has 0 rings (SSSR count). The monoisotopic (exact) mass is 143 g/mol. The summed E-state index contributed by atoms with van der Waals surface area (Å²) >= 11 is 0. The Hall–Kier alpha value is -0.0400. The van der Waals surface area contributed by atoms with Crippen molar-refractivity contribution < 1.29 is 0 Å². The van der Waals surface area contributed by atoms with Crippen molar-refractivity contribution in [3.05, 3.63) is 0 Å². The zero-order chi connectivity index (χ0) is 8.20. The molecule has 0 heterocycles. The summed E-state index contributed by atoms with van der Waals surface area (Å²) in [6.07, 6.45) is 3.69. The maximum atomic E-state index is 5.87. The van der Waals surface area contributed by atoms with Crippen LogP contribution in [0.3, 0.4) is 0 Å². The summed E-state index contributed by atoms with van der Waals surface area (Å²) in [4.78, 5) is 0. The smallest absolute Gasteiger partial charge is 0.00642 e. The van der Waals surface area contributed by atoms with Gasteiger partial charge < -0.3 is 5.73 Å². The molecule has 0 amide bonds. The summed E-state index contributed by atoms with van der Waals surface area (Å²) in [7, 11) is 0. The molecule has 1 heteroatoms. The lowest BCUT2D eigenvalue weighted by Gasteiger charge is -2.32. The molecule has 2 unspecified atom stereocenters. The summed E-state index contributed by atoms with van der Waals surface area (Å²) in [6.45, 7) is 8.83. The third-order valence-electron chi connectivity index (χ3n) is 2.73. The molecule has 0 aliphatic carbocycles. The Morgan fingerprint density at radius 3 is 2.00 bits per heavy atom. The van der Waals surface area contributed by atoms with Gasteiger partial charge in [0.25, 0.3) is 0 Å². The first-order chi connectivity index (χ1) is 4.56. The Morgan fingerprint density at radius 2 is 1.90 bits per heavy atom. The first-order valence-electron chi connectivity index (χ1n) is 4.32. The van der Waals surface area contributed by atoms with Crippen molar-refractivity contribution in [1.29, 1.82) is 0 Å². The summed E-state index contributed by atoms with van der Waals surface area (Å²) in [5.74, 6) is 0. The average Bonchev–Trinajstić information content (AvgIpc) is 1.88. The Morgan fingerprint density at radius 1 is 1.40 bits per heavy atom. The third-order valence-corrected chi connectivity index (χ3v) is 2.73. The second kappa shape index (κ2) is 3.97. The minimum Gasteiger partial charge on any atom is -0.327 e. The molecule has 62 valence electrons. The van der Waals surface area contributed by atoms with E-state index in [-0.39, 0.29) is 0 Å². The lowest BCUT2D eigenvalue weighted by Crippen LogP contribution is -2.36. The first-order valence-corrected chi connectivity index (χ1v) is 4.32. The third kappa shape index (κ3) is 2.30. The minimum absolute atomic E-state index is 0.331. The highest BCUT2D eigenvalue weighted by molar-refractivity contribution is 4.80. The molecule has 0 bridgehead atoms. The van der Waals surface area contributed by atoms with Crippen LogP contribution < -0.4 is 5.73 Å². The molecule has 0 aliphatic heterocycles. The highest BCUT2D eigenvalue weighted by Gasteiger charge is 2.24. The molecule has 0 saturated heterocycles. The fraction of sp³-hybridized carbons (Fsp3) is 1.00. The van der Waals surface area contributed by atoms with Gasteiger partial charge in [0.1, 0.15) is 0 Å². The van der Waals surface area contributed by atoms with Gasteiger partial charge in [-0.05, 0) is 25.2 Å². The van der Waals surface area contributed by atoms with Gasteiger partial charge >= 0.3 is 0 Å². The number of rotatable bonds is 4. The lowest BCUT2D eigenvalue weighted by atomic mass is 9.77. The van der Waals surface area contributed by atoms with E-state index in [2.05, 4.69) is 27.7 Å². The van der Waals surface area contributed by atoms with Gasteiger partial charge in [0, 0.05) is 6.04 Å². The van der Waals surface area contributed by atoms with E-state index in [0.29, 0.717) is 11.5 Å². The van der Waals surface area contributed by atoms with Crippen molar-refractivity contribution in [2.45, 2.75) is 53.0 Å². The Balaban J connectivity index is 3.94. The van der Waals surface area contributed by atoms with Crippen LogP contribution in [0.25, 0.3) is 0 Å². The van der Waals surface area contributed by atoms with Gasteiger partial charge in [-0.2, -0.15) is 0 Å². The molecule has 0 aliphatic rings. The summed E-state index contributed by atoms with van der Waals surface area (Å²) in [6, 6.07) is 0.331. The molecule has 0 aromatic rings. The van der Waals surface area contributed by atoms with Crippen LogP contribution in [0.2, 0.25) is 0 Å². The Kier molecular flexibility index (Phi) is 3.95. The van der Waals surface area contributed by atoms with Gasteiger partial charge in [-0.25, -0.2) is 0 Å². The van der Waals surface area contributed by atoms with Gasteiger partial charge in [0.15, 0.2) is 0 Å². The standard InChI is InChI=1S/C9H21N/c1-5-7-9(4,6-2)8(3)10/h8H,5-7,10H2,1-4H3. The number of hydrogen-bond acceptors (Lipinski definition) is 1. The van der Waals surface area contributed by atoms with E-state index in [0.717, 1.165) is 0 Å². The van der Waals surface area contributed by atoms with Crippen molar-refractivity contribution in [3.63, 3.8) is 0 Å². The van der Waals surface area contributed by atoms with E-state index < -0.39 is 0 Å². The molecular weight excluding hydrogens is 122 g/mol. The van der Waals surface area contributed by atoms with Crippen molar-refractivity contribution in [2.24, 2.45) is 11.1 Å². The van der Waals surface area contributed by atoms with Crippen molar-refractivity contribution >= 4 is 0 Å². The fourth-order valence-corrected chi connectivity index (χ4v) is 1.30.